The van der Waals surface area contributed by atoms with Crippen LogP contribution >= 0.6 is 12.4 Å². The molecule has 6 heteroatoms. The minimum absolute atomic E-state index is 0. The van der Waals surface area contributed by atoms with Gasteiger partial charge in [-0.15, -0.1) is 22.6 Å². The van der Waals surface area contributed by atoms with Crippen LogP contribution in [-0.4, -0.2) is 28.0 Å². The zero-order valence-corrected chi connectivity index (χ0v) is 13.4. The van der Waals surface area contributed by atoms with Crippen LogP contribution in [0.3, 0.4) is 0 Å². The quantitative estimate of drug-likeness (QED) is 0.882. The normalized spacial score (nSPS) is 12.8. The molecule has 0 saturated carbocycles. The highest BCUT2D eigenvalue weighted by molar-refractivity contribution is 5.85. The van der Waals surface area contributed by atoms with Crippen LogP contribution in [0.25, 0.3) is 0 Å². The van der Waals surface area contributed by atoms with Gasteiger partial charge in [0, 0.05) is 6.04 Å². The summed E-state index contributed by atoms with van der Waals surface area (Å²) in [6.07, 6.45) is 0.596. The number of aliphatic hydroxyl groups is 1. The zero-order chi connectivity index (χ0) is 14.8. The van der Waals surface area contributed by atoms with E-state index in [4.69, 9.17) is 10.2 Å². The second-order valence-corrected chi connectivity index (χ2v) is 5.68. The molecular weight excluding hydrogens is 290 g/mol. The van der Waals surface area contributed by atoms with E-state index in [-0.39, 0.29) is 19.0 Å². The second kappa shape index (κ2) is 7.02. The third kappa shape index (κ3) is 4.03. The fourth-order valence-corrected chi connectivity index (χ4v) is 1.97. The minimum Gasteiger partial charge on any atom is -0.424 e. The number of aliphatic hydroxyl groups excluding tert-OH is 1. The number of aromatic nitrogens is 2. The van der Waals surface area contributed by atoms with Crippen molar-refractivity contribution in [1.82, 2.24) is 10.2 Å². The minimum atomic E-state index is -0.549. The number of nitrogens with two attached hydrogens (primary N) is 1. The predicted molar refractivity (Wildman–Crippen MR) is 83.6 cm³/mol. The van der Waals surface area contributed by atoms with Crippen molar-refractivity contribution in [2.45, 2.75) is 38.6 Å². The fraction of sp³-hybridized carbons (Fsp3) is 0.467. The van der Waals surface area contributed by atoms with E-state index in [0.29, 0.717) is 18.2 Å². The Morgan fingerprint density at radius 3 is 2.67 bits per heavy atom. The molecule has 21 heavy (non-hydrogen) atoms. The van der Waals surface area contributed by atoms with Gasteiger partial charge in [0.1, 0.15) is 0 Å². The van der Waals surface area contributed by atoms with Crippen molar-refractivity contribution in [2.24, 2.45) is 5.73 Å². The maximum absolute atomic E-state index is 9.19. The van der Waals surface area contributed by atoms with Gasteiger partial charge in [0.05, 0.1) is 18.4 Å². The molecule has 0 spiro atoms. The summed E-state index contributed by atoms with van der Waals surface area (Å²) in [6.45, 7) is 5.70. The van der Waals surface area contributed by atoms with Gasteiger partial charge in [-0.05, 0) is 26.3 Å². The third-order valence-electron chi connectivity index (χ3n) is 3.58. The first-order valence-corrected chi connectivity index (χ1v) is 6.68. The molecule has 1 atom stereocenters. The maximum Gasteiger partial charge on any atom is 0.223 e. The molecule has 0 aliphatic rings. The average molecular weight is 312 g/mol. The Morgan fingerprint density at radius 2 is 2.05 bits per heavy atom. The van der Waals surface area contributed by atoms with E-state index in [2.05, 4.69) is 16.3 Å². The number of nitrogens with zero attached hydrogens (tertiary/aromatic N) is 2. The summed E-state index contributed by atoms with van der Waals surface area (Å²) < 4.78 is 5.70. The molecule has 0 amide bonds. The highest BCUT2D eigenvalue weighted by atomic mass is 35.5. The van der Waals surface area contributed by atoms with Crippen molar-refractivity contribution >= 4 is 12.4 Å². The van der Waals surface area contributed by atoms with E-state index in [0.717, 1.165) is 5.56 Å². The van der Waals surface area contributed by atoms with E-state index in [1.54, 1.807) is 0 Å². The van der Waals surface area contributed by atoms with E-state index < -0.39 is 11.5 Å². The fourth-order valence-electron chi connectivity index (χ4n) is 1.97. The molecule has 116 valence electrons. The lowest BCUT2D eigenvalue weighted by Crippen LogP contribution is -2.43. The highest BCUT2D eigenvalue weighted by Gasteiger charge is 2.33. The van der Waals surface area contributed by atoms with Crippen LogP contribution in [0.1, 0.15) is 36.8 Å². The van der Waals surface area contributed by atoms with Gasteiger partial charge in [-0.2, -0.15) is 0 Å². The van der Waals surface area contributed by atoms with Crippen molar-refractivity contribution in [3.8, 4) is 0 Å². The Bertz CT molecular complexity index is 584. The molecule has 1 unspecified atom stereocenters. The van der Waals surface area contributed by atoms with Gasteiger partial charge in [-0.25, -0.2) is 0 Å². The highest BCUT2D eigenvalue weighted by Crippen LogP contribution is 2.25. The van der Waals surface area contributed by atoms with Crippen molar-refractivity contribution in [3.63, 3.8) is 0 Å². The Kier molecular flexibility index (Phi) is 5.89. The van der Waals surface area contributed by atoms with Crippen LogP contribution in [0.5, 0.6) is 0 Å². The molecule has 1 aromatic carbocycles. The smallest absolute Gasteiger partial charge is 0.223 e. The summed E-state index contributed by atoms with van der Waals surface area (Å²) in [7, 11) is 0. The SMILES string of the molecule is Cc1cccc(Cc2nnc(C(C)(C)C(N)CO)o2)c1.Cl. The summed E-state index contributed by atoms with van der Waals surface area (Å²) >= 11 is 0. The van der Waals surface area contributed by atoms with Crippen LogP contribution < -0.4 is 5.73 Å². The number of halogens is 1. The lowest BCUT2D eigenvalue weighted by molar-refractivity contribution is 0.199. The van der Waals surface area contributed by atoms with E-state index in [1.165, 1.54) is 5.56 Å². The Hall–Kier alpha value is -1.43. The molecule has 2 aromatic rings. The van der Waals surface area contributed by atoms with E-state index in [9.17, 15) is 5.11 Å². The largest absolute Gasteiger partial charge is 0.424 e. The first-order valence-electron chi connectivity index (χ1n) is 6.68. The number of hydrogen-bond donors (Lipinski definition) is 2. The third-order valence-corrected chi connectivity index (χ3v) is 3.58. The number of hydrogen-bond acceptors (Lipinski definition) is 5. The van der Waals surface area contributed by atoms with Gasteiger partial charge < -0.3 is 15.3 Å². The van der Waals surface area contributed by atoms with E-state index in [1.807, 2.05) is 39.0 Å². The molecule has 0 aliphatic carbocycles. The Balaban J connectivity index is 0.00000220. The lowest BCUT2D eigenvalue weighted by Gasteiger charge is -2.25. The molecular formula is C15H22ClN3O2. The summed E-state index contributed by atoms with van der Waals surface area (Å²) in [4.78, 5) is 0. The number of aryl methyl sites for hydroxylation is 1. The second-order valence-electron chi connectivity index (χ2n) is 5.68. The summed E-state index contributed by atoms with van der Waals surface area (Å²) in [5.41, 5.74) is 7.67. The molecule has 0 radical (unpaired) electrons. The summed E-state index contributed by atoms with van der Waals surface area (Å²) in [5.74, 6) is 1.02. The molecule has 5 nitrogen and oxygen atoms in total. The van der Waals surface area contributed by atoms with Gasteiger partial charge in [-0.3, -0.25) is 0 Å². The first kappa shape index (κ1) is 17.6. The van der Waals surface area contributed by atoms with Gasteiger partial charge in [0.2, 0.25) is 11.8 Å². The van der Waals surface area contributed by atoms with Crippen LogP contribution in [0.15, 0.2) is 28.7 Å². The molecule has 3 N–H and O–H groups in total. The number of benzene rings is 1. The lowest BCUT2D eigenvalue weighted by atomic mass is 9.85. The monoisotopic (exact) mass is 311 g/mol. The van der Waals surface area contributed by atoms with Crippen molar-refractivity contribution in [3.05, 3.63) is 47.2 Å². The molecule has 1 heterocycles. The molecule has 1 aromatic heterocycles. The molecule has 2 rings (SSSR count). The summed E-state index contributed by atoms with van der Waals surface area (Å²) in [5, 5.41) is 17.3. The molecule has 0 bridgehead atoms. The Labute approximate surface area is 131 Å². The van der Waals surface area contributed by atoms with Crippen molar-refractivity contribution < 1.29 is 9.52 Å². The molecule has 0 fully saturated rings. The predicted octanol–water partition coefficient (Wildman–Crippen LogP) is 1.99. The number of rotatable bonds is 5. The zero-order valence-electron chi connectivity index (χ0n) is 12.5. The average Bonchev–Trinajstić information content (AvgIpc) is 2.87. The standard InChI is InChI=1S/C15H21N3O2.ClH/c1-10-5-4-6-11(7-10)8-13-17-18-14(20-13)15(2,3)12(16)9-19;/h4-7,12,19H,8-9,16H2,1-3H3;1H. The van der Waals surface area contributed by atoms with Crippen LogP contribution in [0, 0.1) is 6.92 Å². The molecule has 0 aliphatic heterocycles. The van der Waals surface area contributed by atoms with Gasteiger partial charge in [0.25, 0.3) is 0 Å². The molecule has 0 saturated heterocycles. The topological polar surface area (TPSA) is 85.2 Å². The van der Waals surface area contributed by atoms with Crippen LogP contribution in [-0.2, 0) is 11.8 Å². The Morgan fingerprint density at radius 1 is 1.33 bits per heavy atom. The maximum atomic E-state index is 9.19. The van der Waals surface area contributed by atoms with Crippen LogP contribution in [0.4, 0.5) is 0 Å². The van der Waals surface area contributed by atoms with Crippen molar-refractivity contribution in [1.29, 1.82) is 0 Å². The summed E-state index contributed by atoms with van der Waals surface area (Å²) in [6, 6.07) is 7.74. The van der Waals surface area contributed by atoms with E-state index >= 15 is 0 Å². The van der Waals surface area contributed by atoms with Crippen LogP contribution in [0.2, 0.25) is 0 Å². The first-order chi connectivity index (χ1) is 9.43. The van der Waals surface area contributed by atoms with Gasteiger partial charge in [0.15, 0.2) is 0 Å². The van der Waals surface area contributed by atoms with Gasteiger partial charge >= 0.3 is 0 Å². The van der Waals surface area contributed by atoms with Crippen molar-refractivity contribution in [2.75, 3.05) is 6.61 Å². The van der Waals surface area contributed by atoms with Gasteiger partial charge in [-0.1, -0.05) is 29.8 Å².